The molecule has 0 saturated heterocycles. The Hall–Kier alpha value is -1.56. The van der Waals surface area contributed by atoms with Crippen molar-refractivity contribution < 1.29 is 17.6 Å². The average molecular weight is 362 g/mol. The molecular weight excluding hydrogens is 350 g/mol. The number of alkyl halides is 3. The van der Waals surface area contributed by atoms with Gasteiger partial charge in [-0.3, -0.25) is 0 Å². The van der Waals surface area contributed by atoms with Crippen LogP contribution in [0.3, 0.4) is 0 Å². The van der Waals surface area contributed by atoms with E-state index in [9.17, 15) is 17.6 Å². The zero-order chi connectivity index (χ0) is 15.6. The van der Waals surface area contributed by atoms with Crippen LogP contribution in [0.2, 0.25) is 0 Å². The zero-order valence-corrected chi connectivity index (χ0v) is 12.6. The molecule has 21 heavy (non-hydrogen) atoms. The van der Waals surface area contributed by atoms with Crippen LogP contribution < -0.4 is 5.32 Å². The van der Waals surface area contributed by atoms with Crippen molar-refractivity contribution in [1.82, 2.24) is 0 Å². The molecule has 0 aliphatic rings. The van der Waals surface area contributed by atoms with Gasteiger partial charge in [0.15, 0.2) is 0 Å². The Labute approximate surface area is 128 Å². The lowest BCUT2D eigenvalue weighted by Crippen LogP contribution is -2.11. The van der Waals surface area contributed by atoms with E-state index in [0.29, 0.717) is 0 Å². The first-order valence-electron chi connectivity index (χ1n) is 6.16. The van der Waals surface area contributed by atoms with Crippen LogP contribution in [0.1, 0.15) is 24.1 Å². The van der Waals surface area contributed by atoms with Crippen molar-refractivity contribution >= 4 is 21.6 Å². The molecule has 1 unspecified atom stereocenters. The number of nitrogens with one attached hydrogen (secondary N) is 1. The summed E-state index contributed by atoms with van der Waals surface area (Å²) in [7, 11) is 0. The quantitative estimate of drug-likeness (QED) is 0.683. The maximum Gasteiger partial charge on any atom is 0.419 e. The van der Waals surface area contributed by atoms with Gasteiger partial charge in [0, 0.05) is 16.2 Å². The van der Waals surface area contributed by atoms with Gasteiger partial charge in [0.25, 0.3) is 0 Å². The van der Waals surface area contributed by atoms with E-state index in [-0.39, 0.29) is 11.7 Å². The highest BCUT2D eigenvalue weighted by atomic mass is 79.9. The largest absolute Gasteiger partial charge is 0.419 e. The summed E-state index contributed by atoms with van der Waals surface area (Å²) in [6.07, 6.45) is -4.71. The molecule has 0 amide bonds. The van der Waals surface area contributed by atoms with Crippen molar-refractivity contribution in [2.24, 2.45) is 0 Å². The fraction of sp³-hybridized carbons (Fsp3) is 0.200. The zero-order valence-electron chi connectivity index (χ0n) is 11.0. The third-order valence-corrected chi connectivity index (χ3v) is 3.50. The molecule has 0 aliphatic carbocycles. The normalized spacial score (nSPS) is 13.0. The Bertz CT molecular complexity index is 640. The molecule has 1 atom stereocenters. The molecule has 0 aromatic heterocycles. The molecule has 0 heterocycles. The van der Waals surface area contributed by atoms with Gasteiger partial charge in [-0.1, -0.05) is 28.1 Å². The molecule has 0 saturated carbocycles. The molecule has 112 valence electrons. The van der Waals surface area contributed by atoms with Gasteiger partial charge in [0.1, 0.15) is 5.82 Å². The van der Waals surface area contributed by atoms with Crippen LogP contribution in [0.25, 0.3) is 0 Å². The summed E-state index contributed by atoms with van der Waals surface area (Å²) in [5.41, 5.74) is -0.146. The highest BCUT2D eigenvalue weighted by Gasteiger charge is 2.34. The standard InChI is InChI=1S/C15H12BrF4N/c1-9(10-3-2-4-11(16)7-10)21-12-5-6-14(17)13(8-12)15(18,19)20/h2-9,21H,1H3. The Balaban J connectivity index is 2.24. The van der Waals surface area contributed by atoms with Gasteiger partial charge < -0.3 is 5.32 Å². The topological polar surface area (TPSA) is 12.0 Å². The lowest BCUT2D eigenvalue weighted by atomic mass is 10.1. The van der Waals surface area contributed by atoms with Gasteiger partial charge >= 0.3 is 6.18 Å². The number of rotatable bonds is 3. The minimum absolute atomic E-state index is 0.214. The molecule has 0 radical (unpaired) electrons. The fourth-order valence-electron chi connectivity index (χ4n) is 1.94. The number of anilines is 1. The van der Waals surface area contributed by atoms with Crippen LogP contribution in [0.4, 0.5) is 23.2 Å². The van der Waals surface area contributed by atoms with Crippen molar-refractivity contribution in [3.05, 3.63) is 63.9 Å². The molecule has 0 aliphatic heterocycles. The summed E-state index contributed by atoms with van der Waals surface area (Å²) >= 11 is 3.34. The van der Waals surface area contributed by atoms with E-state index in [4.69, 9.17) is 0 Å². The molecule has 6 heteroatoms. The second kappa shape index (κ2) is 6.05. The second-order valence-corrected chi connectivity index (χ2v) is 5.53. The maximum absolute atomic E-state index is 13.2. The van der Waals surface area contributed by atoms with E-state index in [0.717, 1.165) is 22.2 Å². The first-order chi connectivity index (χ1) is 9.77. The number of benzene rings is 2. The average Bonchev–Trinajstić information content (AvgIpc) is 2.39. The SMILES string of the molecule is CC(Nc1ccc(F)c(C(F)(F)F)c1)c1cccc(Br)c1. The molecule has 2 aromatic carbocycles. The smallest absolute Gasteiger partial charge is 0.379 e. The van der Waals surface area contributed by atoms with E-state index in [1.54, 1.807) is 0 Å². The van der Waals surface area contributed by atoms with Crippen LogP contribution in [-0.4, -0.2) is 0 Å². The fourth-order valence-corrected chi connectivity index (χ4v) is 2.36. The molecule has 2 rings (SSSR count). The molecule has 2 aromatic rings. The number of halogens is 5. The van der Waals surface area contributed by atoms with E-state index in [1.807, 2.05) is 31.2 Å². The lowest BCUT2D eigenvalue weighted by molar-refractivity contribution is -0.139. The van der Waals surface area contributed by atoms with E-state index in [1.165, 1.54) is 6.07 Å². The summed E-state index contributed by atoms with van der Waals surface area (Å²) in [6, 6.07) is 10.1. The Morgan fingerprint density at radius 3 is 2.43 bits per heavy atom. The summed E-state index contributed by atoms with van der Waals surface area (Å²) in [4.78, 5) is 0. The molecule has 0 bridgehead atoms. The van der Waals surface area contributed by atoms with Crippen molar-refractivity contribution in [2.75, 3.05) is 5.32 Å². The Morgan fingerprint density at radius 2 is 1.81 bits per heavy atom. The van der Waals surface area contributed by atoms with Crippen LogP contribution >= 0.6 is 15.9 Å². The van der Waals surface area contributed by atoms with Crippen LogP contribution in [0.5, 0.6) is 0 Å². The minimum Gasteiger partial charge on any atom is -0.379 e. The van der Waals surface area contributed by atoms with Gasteiger partial charge in [-0.05, 0) is 42.8 Å². The van der Waals surface area contributed by atoms with Gasteiger partial charge in [-0.25, -0.2) is 4.39 Å². The first-order valence-corrected chi connectivity index (χ1v) is 6.95. The monoisotopic (exact) mass is 361 g/mol. The summed E-state index contributed by atoms with van der Waals surface area (Å²) in [5.74, 6) is -1.27. The Kier molecular flexibility index (Phi) is 4.56. The van der Waals surface area contributed by atoms with Gasteiger partial charge in [0.05, 0.1) is 5.56 Å². The predicted molar refractivity (Wildman–Crippen MR) is 77.6 cm³/mol. The van der Waals surface area contributed by atoms with E-state index in [2.05, 4.69) is 21.2 Å². The van der Waals surface area contributed by atoms with Crippen molar-refractivity contribution in [3.63, 3.8) is 0 Å². The van der Waals surface area contributed by atoms with E-state index < -0.39 is 17.6 Å². The lowest BCUT2D eigenvalue weighted by Gasteiger charge is -2.17. The summed E-state index contributed by atoms with van der Waals surface area (Å²) in [6.45, 7) is 1.82. The maximum atomic E-state index is 13.2. The second-order valence-electron chi connectivity index (χ2n) is 4.61. The number of hydrogen-bond donors (Lipinski definition) is 1. The molecule has 1 N–H and O–H groups in total. The molecule has 0 fully saturated rings. The minimum atomic E-state index is -4.71. The van der Waals surface area contributed by atoms with Crippen LogP contribution in [0.15, 0.2) is 46.9 Å². The summed E-state index contributed by atoms with van der Waals surface area (Å²) < 4.78 is 52.1. The van der Waals surface area contributed by atoms with Gasteiger partial charge in [-0.2, -0.15) is 13.2 Å². The van der Waals surface area contributed by atoms with Crippen molar-refractivity contribution in [2.45, 2.75) is 19.1 Å². The molecule has 0 spiro atoms. The first kappa shape index (κ1) is 15.8. The predicted octanol–water partition coefficient (Wildman–Crippen LogP) is 5.78. The molecular formula is C15H12BrF4N. The highest BCUT2D eigenvalue weighted by molar-refractivity contribution is 9.10. The van der Waals surface area contributed by atoms with Crippen molar-refractivity contribution in [1.29, 1.82) is 0 Å². The summed E-state index contributed by atoms with van der Waals surface area (Å²) in [5, 5.41) is 2.94. The van der Waals surface area contributed by atoms with Crippen LogP contribution in [-0.2, 0) is 6.18 Å². The van der Waals surface area contributed by atoms with Crippen LogP contribution in [0, 0.1) is 5.82 Å². The van der Waals surface area contributed by atoms with Gasteiger partial charge in [0.2, 0.25) is 0 Å². The highest BCUT2D eigenvalue weighted by Crippen LogP contribution is 2.33. The third kappa shape index (κ3) is 3.97. The van der Waals surface area contributed by atoms with Crippen molar-refractivity contribution in [3.8, 4) is 0 Å². The van der Waals surface area contributed by atoms with Gasteiger partial charge in [-0.15, -0.1) is 0 Å². The third-order valence-electron chi connectivity index (χ3n) is 3.00. The molecule has 1 nitrogen and oxygen atoms in total. The number of hydrogen-bond acceptors (Lipinski definition) is 1. The Morgan fingerprint density at radius 1 is 1.10 bits per heavy atom. The van der Waals surface area contributed by atoms with E-state index >= 15 is 0 Å².